The molecule has 1 aromatic heterocycles. The summed E-state index contributed by atoms with van der Waals surface area (Å²) in [6.45, 7) is 11.7. The topological polar surface area (TPSA) is 77.2 Å². The minimum absolute atomic E-state index is 0.0908. The highest BCUT2D eigenvalue weighted by Crippen LogP contribution is 2.62. The standard InChI is InChI=1S/C14H23N3O2S/c1-8-9(14(15)7-13(14,5)6)20-10(16-8)17-11(18)19-12(2,3)4/h7,15H2,1-6H3,(H,16,17,18). The molecule has 0 spiro atoms. The van der Waals surface area contributed by atoms with Gasteiger partial charge in [-0.3, -0.25) is 5.32 Å². The highest BCUT2D eigenvalue weighted by atomic mass is 32.1. The molecule has 1 fully saturated rings. The summed E-state index contributed by atoms with van der Waals surface area (Å²) in [4.78, 5) is 17.2. The number of carbonyl (C=O) groups is 1. The number of carbonyl (C=O) groups excluding carboxylic acids is 1. The van der Waals surface area contributed by atoms with Crippen LogP contribution in [-0.2, 0) is 10.3 Å². The second-order valence-corrected chi connectivity index (χ2v) is 8.09. The van der Waals surface area contributed by atoms with Gasteiger partial charge in [0.1, 0.15) is 5.60 Å². The van der Waals surface area contributed by atoms with Crippen molar-refractivity contribution in [1.29, 1.82) is 0 Å². The van der Waals surface area contributed by atoms with Gasteiger partial charge < -0.3 is 10.5 Å². The maximum absolute atomic E-state index is 11.7. The Hall–Kier alpha value is -1.14. The summed E-state index contributed by atoms with van der Waals surface area (Å²) in [5.41, 5.74) is 6.56. The van der Waals surface area contributed by atoms with Crippen LogP contribution in [0, 0.1) is 12.3 Å². The molecular formula is C14H23N3O2S. The van der Waals surface area contributed by atoms with E-state index in [-0.39, 0.29) is 11.0 Å². The van der Waals surface area contributed by atoms with E-state index in [1.807, 2.05) is 27.7 Å². The van der Waals surface area contributed by atoms with Crippen LogP contribution in [0.25, 0.3) is 0 Å². The van der Waals surface area contributed by atoms with Gasteiger partial charge in [0.2, 0.25) is 0 Å². The predicted molar refractivity (Wildman–Crippen MR) is 81.0 cm³/mol. The molecule has 0 radical (unpaired) electrons. The van der Waals surface area contributed by atoms with E-state index in [9.17, 15) is 4.79 Å². The zero-order valence-electron chi connectivity index (χ0n) is 13.0. The summed E-state index contributed by atoms with van der Waals surface area (Å²) in [7, 11) is 0. The van der Waals surface area contributed by atoms with Gasteiger partial charge in [0, 0.05) is 4.88 Å². The first-order valence-corrected chi connectivity index (χ1v) is 7.53. The molecule has 0 aliphatic heterocycles. The van der Waals surface area contributed by atoms with E-state index in [2.05, 4.69) is 24.1 Å². The van der Waals surface area contributed by atoms with E-state index in [1.54, 1.807) is 0 Å². The lowest BCUT2D eigenvalue weighted by Gasteiger charge is -2.18. The fourth-order valence-electron chi connectivity index (χ4n) is 2.30. The molecule has 1 saturated carbocycles. The van der Waals surface area contributed by atoms with Crippen molar-refractivity contribution in [2.75, 3.05) is 5.32 Å². The Labute approximate surface area is 123 Å². The van der Waals surface area contributed by atoms with Crippen LogP contribution in [0.3, 0.4) is 0 Å². The lowest BCUT2D eigenvalue weighted by molar-refractivity contribution is 0.0636. The Morgan fingerprint density at radius 3 is 2.45 bits per heavy atom. The average molecular weight is 297 g/mol. The van der Waals surface area contributed by atoms with Crippen molar-refractivity contribution in [1.82, 2.24) is 4.98 Å². The van der Waals surface area contributed by atoms with E-state index in [1.165, 1.54) is 11.3 Å². The smallest absolute Gasteiger partial charge is 0.413 e. The van der Waals surface area contributed by atoms with Gasteiger partial charge in [-0.2, -0.15) is 0 Å². The van der Waals surface area contributed by atoms with Crippen LogP contribution in [0.2, 0.25) is 0 Å². The molecule has 0 saturated heterocycles. The first-order valence-electron chi connectivity index (χ1n) is 6.71. The van der Waals surface area contributed by atoms with Gasteiger partial charge in [-0.1, -0.05) is 25.2 Å². The number of rotatable bonds is 2. The number of nitrogens with one attached hydrogen (secondary N) is 1. The van der Waals surface area contributed by atoms with Crippen LogP contribution in [-0.4, -0.2) is 16.7 Å². The molecule has 6 heteroatoms. The fourth-order valence-corrected chi connectivity index (χ4v) is 3.53. The van der Waals surface area contributed by atoms with Crippen molar-refractivity contribution in [3.63, 3.8) is 0 Å². The Bertz CT molecular complexity index is 545. The van der Waals surface area contributed by atoms with E-state index in [4.69, 9.17) is 10.5 Å². The zero-order valence-corrected chi connectivity index (χ0v) is 13.8. The largest absolute Gasteiger partial charge is 0.444 e. The first-order chi connectivity index (χ1) is 8.95. The van der Waals surface area contributed by atoms with Crippen LogP contribution in [0.5, 0.6) is 0 Å². The Morgan fingerprint density at radius 1 is 1.45 bits per heavy atom. The van der Waals surface area contributed by atoms with E-state index in [0.717, 1.165) is 17.0 Å². The van der Waals surface area contributed by atoms with E-state index in [0.29, 0.717) is 5.13 Å². The number of nitrogens with zero attached hydrogens (tertiary/aromatic N) is 1. The predicted octanol–water partition coefficient (Wildman–Crippen LogP) is 3.38. The Balaban J connectivity index is 2.11. The van der Waals surface area contributed by atoms with Gasteiger partial charge in [0.25, 0.3) is 0 Å². The van der Waals surface area contributed by atoms with Gasteiger partial charge in [-0.15, -0.1) is 0 Å². The molecule has 1 atom stereocenters. The normalized spacial score (nSPS) is 24.4. The summed E-state index contributed by atoms with van der Waals surface area (Å²) in [6.07, 6.45) is 0.452. The van der Waals surface area contributed by atoms with Crippen LogP contribution < -0.4 is 11.1 Å². The van der Waals surface area contributed by atoms with Crippen molar-refractivity contribution in [3.05, 3.63) is 10.6 Å². The van der Waals surface area contributed by atoms with Crippen molar-refractivity contribution < 1.29 is 9.53 Å². The second-order valence-electron chi connectivity index (χ2n) is 7.09. The summed E-state index contributed by atoms with van der Waals surface area (Å²) < 4.78 is 5.22. The van der Waals surface area contributed by atoms with Gasteiger partial charge in [-0.25, -0.2) is 9.78 Å². The van der Waals surface area contributed by atoms with Gasteiger partial charge in [0.15, 0.2) is 5.13 Å². The van der Waals surface area contributed by atoms with Gasteiger partial charge in [0.05, 0.1) is 11.2 Å². The third-order valence-electron chi connectivity index (χ3n) is 3.61. The molecular weight excluding hydrogens is 274 g/mol. The fraction of sp³-hybridized carbons (Fsp3) is 0.714. The minimum atomic E-state index is -0.521. The molecule has 20 heavy (non-hydrogen) atoms. The van der Waals surface area contributed by atoms with Crippen molar-refractivity contribution in [3.8, 4) is 0 Å². The molecule has 3 N–H and O–H groups in total. The third kappa shape index (κ3) is 2.81. The van der Waals surface area contributed by atoms with E-state index < -0.39 is 11.7 Å². The molecule has 2 rings (SSSR count). The molecule has 112 valence electrons. The highest BCUT2D eigenvalue weighted by Gasteiger charge is 2.61. The van der Waals surface area contributed by atoms with Gasteiger partial charge in [-0.05, 0) is 39.5 Å². The Kier molecular flexibility index (Phi) is 3.38. The average Bonchev–Trinajstić information content (AvgIpc) is 2.56. The number of hydrogen-bond acceptors (Lipinski definition) is 5. The molecule has 1 unspecified atom stereocenters. The summed E-state index contributed by atoms with van der Waals surface area (Å²) >= 11 is 1.44. The maximum atomic E-state index is 11.7. The van der Waals surface area contributed by atoms with E-state index >= 15 is 0 Å². The second kappa shape index (κ2) is 4.43. The number of amides is 1. The number of aromatic nitrogens is 1. The number of aryl methyl sites for hydroxylation is 1. The maximum Gasteiger partial charge on any atom is 0.413 e. The molecule has 0 bridgehead atoms. The highest BCUT2D eigenvalue weighted by molar-refractivity contribution is 7.16. The molecule has 1 amide bonds. The molecule has 0 aromatic carbocycles. The molecule has 5 nitrogen and oxygen atoms in total. The van der Waals surface area contributed by atoms with Crippen molar-refractivity contribution >= 4 is 22.6 Å². The summed E-state index contributed by atoms with van der Waals surface area (Å²) in [5.74, 6) is 0. The summed E-state index contributed by atoms with van der Waals surface area (Å²) in [5, 5.41) is 3.22. The van der Waals surface area contributed by atoms with Crippen LogP contribution in [0.4, 0.5) is 9.93 Å². The number of thiazole rings is 1. The first kappa shape index (κ1) is 15.3. The zero-order chi connectivity index (χ0) is 15.3. The van der Waals surface area contributed by atoms with Crippen LogP contribution >= 0.6 is 11.3 Å². The quantitative estimate of drug-likeness (QED) is 0.877. The van der Waals surface area contributed by atoms with Crippen molar-refractivity contribution in [2.24, 2.45) is 11.1 Å². The number of nitrogens with two attached hydrogens (primary N) is 1. The molecule has 1 aliphatic rings. The van der Waals surface area contributed by atoms with Gasteiger partial charge >= 0.3 is 6.09 Å². The van der Waals surface area contributed by atoms with Crippen molar-refractivity contribution in [2.45, 2.75) is 59.1 Å². The van der Waals surface area contributed by atoms with Crippen LogP contribution in [0.1, 0.15) is 51.6 Å². The third-order valence-corrected chi connectivity index (χ3v) is 4.86. The molecule has 1 heterocycles. The lowest BCUT2D eigenvalue weighted by Crippen LogP contribution is -2.27. The minimum Gasteiger partial charge on any atom is -0.444 e. The monoisotopic (exact) mass is 297 g/mol. The van der Waals surface area contributed by atoms with Crippen LogP contribution in [0.15, 0.2) is 0 Å². The SMILES string of the molecule is Cc1nc(NC(=O)OC(C)(C)C)sc1C1(N)CC1(C)C. The lowest BCUT2D eigenvalue weighted by atomic mass is 10.0. The molecule has 1 aliphatic carbocycles. The number of ether oxygens (including phenoxy) is 1. The summed E-state index contributed by atoms with van der Waals surface area (Å²) in [6, 6.07) is 0. The Morgan fingerprint density at radius 2 is 2.00 bits per heavy atom. The number of anilines is 1. The molecule has 1 aromatic rings. The number of hydrogen-bond donors (Lipinski definition) is 2.